The number of aliphatic imine (C=N–C) groups is 1. The lowest BCUT2D eigenvalue weighted by atomic mass is 10.1. The predicted octanol–water partition coefficient (Wildman–Crippen LogP) is 4.09. The lowest BCUT2D eigenvalue weighted by molar-refractivity contribution is -0.141. The first-order chi connectivity index (χ1) is 16.0. The highest BCUT2D eigenvalue weighted by atomic mass is 35.5. The molecule has 0 saturated heterocycles. The van der Waals surface area contributed by atoms with Crippen LogP contribution in [0.15, 0.2) is 40.5 Å². The van der Waals surface area contributed by atoms with Crippen molar-refractivity contribution < 1.29 is 22.7 Å². The Labute approximate surface area is 199 Å². The van der Waals surface area contributed by atoms with Gasteiger partial charge in [-0.2, -0.15) is 23.4 Å². The van der Waals surface area contributed by atoms with E-state index in [4.69, 9.17) is 16.3 Å². The molecule has 2 rings (SSSR count). The molecule has 0 radical (unpaired) electrons. The minimum Gasteiger partial charge on any atom is -0.478 e. The molecular weight excluding hydrogens is 475 g/mol. The van der Waals surface area contributed by atoms with Gasteiger partial charge in [0.05, 0.1) is 30.1 Å². The second kappa shape index (κ2) is 11.6. The van der Waals surface area contributed by atoms with Gasteiger partial charge in [0.1, 0.15) is 0 Å². The Kier molecular flexibility index (Phi) is 9.19. The molecule has 0 atom stereocenters. The minimum absolute atomic E-state index is 0.0198. The quantitative estimate of drug-likeness (QED) is 0.234. The summed E-state index contributed by atoms with van der Waals surface area (Å²) in [5.41, 5.74) is 0.567. The maximum atomic E-state index is 13.3. The second-order valence-corrected chi connectivity index (χ2v) is 7.34. The van der Waals surface area contributed by atoms with Gasteiger partial charge in [0.2, 0.25) is 5.88 Å². The first-order valence-corrected chi connectivity index (χ1v) is 10.6. The number of alkyl halides is 4. The van der Waals surface area contributed by atoms with Crippen molar-refractivity contribution in [2.45, 2.75) is 33.5 Å². The van der Waals surface area contributed by atoms with Crippen LogP contribution >= 0.6 is 11.6 Å². The number of halogens is 4. The van der Waals surface area contributed by atoms with Crippen LogP contribution in [0, 0.1) is 6.92 Å². The third-order valence-electron chi connectivity index (χ3n) is 4.50. The Hall–Kier alpha value is -3.41. The van der Waals surface area contributed by atoms with Crippen molar-refractivity contribution in [3.8, 4) is 11.3 Å². The smallest absolute Gasteiger partial charge is 0.435 e. The van der Waals surface area contributed by atoms with E-state index in [1.54, 1.807) is 32.9 Å². The molecule has 0 aliphatic rings. The van der Waals surface area contributed by atoms with Crippen LogP contribution in [-0.4, -0.2) is 45.2 Å². The van der Waals surface area contributed by atoms with Crippen LogP contribution in [-0.2, 0) is 24.5 Å². The lowest BCUT2D eigenvalue weighted by Crippen LogP contribution is -2.35. The van der Waals surface area contributed by atoms with E-state index in [9.17, 15) is 18.0 Å². The number of allylic oxidation sites excluding steroid dienone is 2. The zero-order valence-corrected chi connectivity index (χ0v) is 19.9. The molecule has 0 spiro atoms. The molecule has 0 fully saturated rings. The van der Waals surface area contributed by atoms with Gasteiger partial charge in [0, 0.05) is 30.4 Å². The molecule has 0 aliphatic carbocycles. The molecule has 0 bridgehead atoms. The minimum atomic E-state index is -4.63. The summed E-state index contributed by atoms with van der Waals surface area (Å²) < 4.78 is 46.3. The fraction of sp³-hybridized carbons (Fsp3) is 0.381. The molecule has 2 aromatic heterocycles. The molecule has 0 unspecified atom stereocenters. The predicted molar refractivity (Wildman–Crippen MR) is 122 cm³/mol. The van der Waals surface area contributed by atoms with Gasteiger partial charge in [-0.3, -0.25) is 4.68 Å². The van der Waals surface area contributed by atoms with Crippen molar-refractivity contribution in [1.29, 1.82) is 0 Å². The number of hydrogen-bond acceptors (Lipinski definition) is 6. The maximum Gasteiger partial charge on any atom is 0.435 e. The molecule has 0 aliphatic heterocycles. The van der Waals surface area contributed by atoms with Crippen molar-refractivity contribution in [2.24, 2.45) is 12.0 Å². The van der Waals surface area contributed by atoms with Crippen LogP contribution in [0.1, 0.15) is 30.8 Å². The van der Waals surface area contributed by atoms with Crippen LogP contribution in [0.5, 0.6) is 0 Å². The van der Waals surface area contributed by atoms with Gasteiger partial charge in [0.15, 0.2) is 5.69 Å². The Balaban J connectivity index is 2.15. The van der Waals surface area contributed by atoms with Crippen molar-refractivity contribution in [3.63, 3.8) is 0 Å². The molecule has 13 heteroatoms. The number of carbonyl (C=O) groups excluding carboxylic acids is 1. The van der Waals surface area contributed by atoms with Crippen molar-refractivity contribution in [3.05, 3.63) is 52.4 Å². The zero-order valence-electron chi connectivity index (χ0n) is 19.1. The molecule has 2 heterocycles. The molecule has 2 amide bonds. The van der Waals surface area contributed by atoms with Crippen LogP contribution in [0.2, 0.25) is 0 Å². The number of carbonyl (C=O) groups is 1. The SMILES string of the molecule is C=N/C(OCC)=C(C)\C(=C/CCl)NC(=O)NCc1cc(C)c(-c2cn(C)nc2C(F)(F)F)nn1. The van der Waals surface area contributed by atoms with Crippen molar-refractivity contribution >= 4 is 24.3 Å². The Morgan fingerprint density at radius 2 is 2.09 bits per heavy atom. The van der Waals surface area contributed by atoms with E-state index in [0.717, 1.165) is 4.68 Å². The summed E-state index contributed by atoms with van der Waals surface area (Å²) in [7, 11) is 1.39. The summed E-state index contributed by atoms with van der Waals surface area (Å²) in [6.07, 6.45) is -1.82. The summed E-state index contributed by atoms with van der Waals surface area (Å²) >= 11 is 5.79. The summed E-state index contributed by atoms with van der Waals surface area (Å²) in [5, 5.41) is 16.7. The fourth-order valence-electron chi connectivity index (χ4n) is 3.00. The number of nitrogens with one attached hydrogen (secondary N) is 2. The molecule has 0 aromatic carbocycles. The van der Waals surface area contributed by atoms with Gasteiger partial charge in [-0.1, -0.05) is 0 Å². The molecule has 9 nitrogen and oxygen atoms in total. The first-order valence-electron chi connectivity index (χ1n) is 10.1. The van der Waals surface area contributed by atoms with Gasteiger partial charge in [-0.05, 0) is 45.2 Å². The summed E-state index contributed by atoms with van der Waals surface area (Å²) in [4.78, 5) is 16.2. The topological polar surface area (TPSA) is 106 Å². The molecule has 2 aromatic rings. The van der Waals surface area contributed by atoms with E-state index >= 15 is 0 Å². The van der Waals surface area contributed by atoms with Crippen LogP contribution < -0.4 is 10.6 Å². The second-order valence-electron chi connectivity index (χ2n) is 7.03. The van der Waals surface area contributed by atoms with E-state index in [1.807, 2.05) is 0 Å². The Morgan fingerprint density at radius 1 is 1.38 bits per heavy atom. The molecule has 0 saturated carbocycles. The highest BCUT2D eigenvalue weighted by Crippen LogP contribution is 2.36. The first kappa shape index (κ1) is 26.8. The highest BCUT2D eigenvalue weighted by molar-refractivity contribution is 6.19. The number of aryl methyl sites for hydroxylation is 2. The third-order valence-corrected chi connectivity index (χ3v) is 4.65. The average Bonchev–Trinajstić information content (AvgIpc) is 3.17. The Morgan fingerprint density at radius 3 is 2.65 bits per heavy atom. The van der Waals surface area contributed by atoms with E-state index in [0.29, 0.717) is 29.1 Å². The lowest BCUT2D eigenvalue weighted by Gasteiger charge is -2.14. The summed E-state index contributed by atoms with van der Waals surface area (Å²) in [6, 6.07) is 0.983. The summed E-state index contributed by atoms with van der Waals surface area (Å²) in [5.74, 6) is 0.383. The van der Waals surface area contributed by atoms with Crippen LogP contribution in [0.3, 0.4) is 0 Å². The summed E-state index contributed by atoms with van der Waals surface area (Å²) in [6.45, 7) is 8.88. The standard InChI is InChI=1S/C21H25ClF3N7O2/c1-6-34-19(26-4)13(3)16(7-8-22)28-20(33)27-10-14-9-12(2)17(30-29-14)15-11-32(5)31-18(15)21(23,24)25/h7,9,11H,4,6,8,10H2,1-3,5H3,(H2,27,28,33)/b16-7+,19-13+. The average molecular weight is 500 g/mol. The normalized spacial score (nSPS) is 12.8. The number of hydrogen-bond donors (Lipinski definition) is 2. The van der Waals surface area contributed by atoms with Gasteiger partial charge in [-0.15, -0.1) is 16.7 Å². The number of ether oxygens (including phenoxy) is 1. The number of nitrogens with zero attached hydrogens (tertiary/aromatic N) is 5. The van der Waals surface area contributed by atoms with Gasteiger partial charge in [-0.25, -0.2) is 9.79 Å². The Bertz CT molecular complexity index is 1110. The van der Waals surface area contributed by atoms with E-state index in [-0.39, 0.29) is 29.6 Å². The number of amides is 2. The van der Waals surface area contributed by atoms with E-state index in [1.165, 1.54) is 13.2 Å². The monoisotopic (exact) mass is 499 g/mol. The van der Waals surface area contributed by atoms with Crippen LogP contribution in [0.25, 0.3) is 11.3 Å². The third kappa shape index (κ3) is 6.80. The molecular formula is C21H25ClF3N7O2. The number of urea groups is 1. The highest BCUT2D eigenvalue weighted by Gasteiger charge is 2.38. The molecule has 34 heavy (non-hydrogen) atoms. The number of rotatable bonds is 9. The molecule has 2 N–H and O–H groups in total. The van der Waals surface area contributed by atoms with Gasteiger partial charge < -0.3 is 15.4 Å². The number of aromatic nitrogens is 4. The zero-order chi connectivity index (χ0) is 25.5. The van der Waals surface area contributed by atoms with Crippen LogP contribution in [0.4, 0.5) is 18.0 Å². The largest absolute Gasteiger partial charge is 0.478 e. The van der Waals surface area contributed by atoms with Gasteiger partial charge >= 0.3 is 12.2 Å². The van der Waals surface area contributed by atoms with Crippen molar-refractivity contribution in [1.82, 2.24) is 30.6 Å². The molecule has 184 valence electrons. The van der Waals surface area contributed by atoms with E-state index < -0.39 is 17.9 Å². The van der Waals surface area contributed by atoms with E-state index in [2.05, 4.69) is 37.6 Å². The maximum absolute atomic E-state index is 13.3. The van der Waals surface area contributed by atoms with Crippen molar-refractivity contribution in [2.75, 3.05) is 12.5 Å². The fourth-order valence-corrected chi connectivity index (χ4v) is 3.16. The van der Waals surface area contributed by atoms with Gasteiger partial charge in [0.25, 0.3) is 0 Å².